The summed E-state index contributed by atoms with van der Waals surface area (Å²) in [6.45, 7) is 1.54. The summed E-state index contributed by atoms with van der Waals surface area (Å²) in [6, 6.07) is 5.67. The molecule has 0 aliphatic carbocycles. The number of benzene rings is 2. The van der Waals surface area contributed by atoms with Crippen LogP contribution in [-0.2, 0) is 4.79 Å². The molecule has 1 aromatic heterocycles. The van der Waals surface area contributed by atoms with Gasteiger partial charge in [0.15, 0.2) is 11.5 Å². The Balaban J connectivity index is 1.94. The number of rotatable bonds is 4. The second-order valence-corrected chi connectivity index (χ2v) is 6.13. The van der Waals surface area contributed by atoms with Gasteiger partial charge in [0.1, 0.15) is 23.5 Å². The molecule has 6 nitrogen and oxygen atoms in total. The molecule has 2 heterocycles. The zero-order valence-corrected chi connectivity index (χ0v) is 14.1. The van der Waals surface area contributed by atoms with Crippen LogP contribution in [0, 0.1) is 11.6 Å². The molecule has 4 rings (SSSR count). The lowest BCUT2D eigenvalue weighted by molar-refractivity contribution is -0.137. The van der Waals surface area contributed by atoms with Gasteiger partial charge in [-0.15, -0.1) is 0 Å². The van der Waals surface area contributed by atoms with Gasteiger partial charge in [-0.2, -0.15) is 0 Å². The molecule has 0 amide bonds. The van der Waals surface area contributed by atoms with Gasteiger partial charge in [0.05, 0.1) is 0 Å². The second-order valence-electron chi connectivity index (χ2n) is 6.13. The highest BCUT2D eigenvalue weighted by molar-refractivity contribution is 6.04. The summed E-state index contributed by atoms with van der Waals surface area (Å²) in [5.74, 6) is -1.16. The van der Waals surface area contributed by atoms with Crippen LogP contribution in [0.25, 0.3) is 21.9 Å². The second kappa shape index (κ2) is 6.39. The van der Waals surface area contributed by atoms with Crippen molar-refractivity contribution in [3.63, 3.8) is 0 Å². The van der Waals surface area contributed by atoms with Crippen molar-refractivity contribution in [2.75, 3.05) is 12.1 Å². The number of carboxylic acids is 1. The number of aliphatic carboxylic acids is 1. The highest BCUT2D eigenvalue weighted by atomic mass is 19.1. The number of carbonyl (C=O) groups is 1. The summed E-state index contributed by atoms with van der Waals surface area (Å²) in [6.07, 6.45) is 1.44. The summed E-state index contributed by atoms with van der Waals surface area (Å²) in [5, 5.41) is 13.1. The minimum Gasteiger partial charge on any atom is -0.480 e. The lowest BCUT2D eigenvalue weighted by Gasteiger charge is -2.15. The van der Waals surface area contributed by atoms with E-state index < -0.39 is 23.6 Å². The van der Waals surface area contributed by atoms with Gasteiger partial charge in [-0.05, 0) is 42.1 Å². The van der Waals surface area contributed by atoms with E-state index in [4.69, 9.17) is 14.6 Å². The van der Waals surface area contributed by atoms with Crippen LogP contribution in [0.4, 0.5) is 14.6 Å². The molecule has 2 aromatic carbocycles. The van der Waals surface area contributed by atoms with Crippen molar-refractivity contribution in [2.45, 2.75) is 13.0 Å². The summed E-state index contributed by atoms with van der Waals surface area (Å²) >= 11 is 0. The number of nitrogens with zero attached hydrogens (tertiary/aromatic N) is 1. The van der Waals surface area contributed by atoms with Crippen LogP contribution >= 0.6 is 0 Å². The predicted molar refractivity (Wildman–Crippen MR) is 93.9 cm³/mol. The van der Waals surface area contributed by atoms with E-state index in [9.17, 15) is 13.6 Å². The van der Waals surface area contributed by atoms with Crippen molar-refractivity contribution in [3.8, 4) is 22.6 Å². The van der Waals surface area contributed by atoms with Crippen molar-refractivity contribution in [3.05, 3.63) is 48.2 Å². The third kappa shape index (κ3) is 3.10. The van der Waals surface area contributed by atoms with Gasteiger partial charge in [0.2, 0.25) is 6.79 Å². The first kappa shape index (κ1) is 17.0. The van der Waals surface area contributed by atoms with E-state index in [2.05, 4.69) is 10.3 Å². The zero-order valence-electron chi connectivity index (χ0n) is 14.1. The molecular weight excluding hydrogens is 358 g/mol. The van der Waals surface area contributed by atoms with Gasteiger partial charge in [-0.1, -0.05) is 0 Å². The van der Waals surface area contributed by atoms with Gasteiger partial charge in [0, 0.05) is 23.2 Å². The molecule has 0 saturated carbocycles. The highest BCUT2D eigenvalue weighted by Gasteiger charge is 2.21. The number of halogens is 2. The average molecular weight is 372 g/mol. The third-order valence-corrected chi connectivity index (χ3v) is 4.28. The Bertz CT molecular complexity index is 1050. The topological polar surface area (TPSA) is 80.7 Å². The fourth-order valence-corrected chi connectivity index (χ4v) is 2.95. The molecule has 1 aliphatic rings. The smallest absolute Gasteiger partial charge is 0.325 e. The molecule has 2 N–H and O–H groups in total. The molecule has 27 heavy (non-hydrogen) atoms. The van der Waals surface area contributed by atoms with E-state index in [0.29, 0.717) is 39.2 Å². The van der Waals surface area contributed by atoms with E-state index >= 15 is 0 Å². The fraction of sp³-hybridized carbons (Fsp3) is 0.158. The molecule has 1 unspecified atom stereocenters. The molecule has 0 fully saturated rings. The number of hydrogen-bond acceptors (Lipinski definition) is 5. The Morgan fingerprint density at radius 1 is 1.11 bits per heavy atom. The van der Waals surface area contributed by atoms with E-state index in [1.165, 1.54) is 25.3 Å². The van der Waals surface area contributed by atoms with Crippen molar-refractivity contribution < 1.29 is 28.2 Å². The number of hydrogen-bond donors (Lipinski definition) is 2. The number of aromatic nitrogens is 1. The molecular formula is C19H14F2N2O4. The van der Waals surface area contributed by atoms with Crippen LogP contribution in [0.1, 0.15) is 6.92 Å². The highest BCUT2D eigenvalue weighted by Crippen LogP contribution is 2.41. The Hall–Kier alpha value is -3.42. The van der Waals surface area contributed by atoms with Gasteiger partial charge >= 0.3 is 5.97 Å². The van der Waals surface area contributed by atoms with E-state index in [1.54, 1.807) is 12.1 Å². The Kier molecular flexibility index (Phi) is 4.02. The van der Waals surface area contributed by atoms with E-state index in [1.807, 2.05) is 0 Å². The van der Waals surface area contributed by atoms with Crippen LogP contribution in [-0.4, -0.2) is 28.9 Å². The van der Waals surface area contributed by atoms with Gasteiger partial charge in [-0.25, -0.2) is 13.8 Å². The largest absolute Gasteiger partial charge is 0.480 e. The number of fused-ring (bicyclic) bond motifs is 2. The average Bonchev–Trinajstić information content (AvgIpc) is 3.06. The third-order valence-electron chi connectivity index (χ3n) is 4.28. The summed E-state index contributed by atoms with van der Waals surface area (Å²) in [7, 11) is 0. The van der Waals surface area contributed by atoms with Crippen molar-refractivity contribution in [1.29, 1.82) is 0 Å². The van der Waals surface area contributed by atoms with Crippen LogP contribution < -0.4 is 14.8 Å². The molecule has 0 saturated heterocycles. The molecule has 0 radical (unpaired) electrons. The quantitative estimate of drug-likeness (QED) is 0.725. The molecule has 1 atom stereocenters. The van der Waals surface area contributed by atoms with Gasteiger partial charge in [-0.3, -0.25) is 4.79 Å². The predicted octanol–water partition coefficient (Wildman–Crippen LogP) is 3.79. The minimum absolute atomic E-state index is 0.0529. The first-order valence-electron chi connectivity index (χ1n) is 8.10. The van der Waals surface area contributed by atoms with Gasteiger partial charge in [0.25, 0.3) is 0 Å². The maximum absolute atomic E-state index is 13.7. The Labute approximate surface area is 152 Å². The Morgan fingerprint density at radius 3 is 2.37 bits per heavy atom. The van der Waals surface area contributed by atoms with Crippen LogP contribution in [0.2, 0.25) is 0 Å². The minimum atomic E-state index is -1.04. The maximum atomic E-state index is 13.7. The monoisotopic (exact) mass is 372 g/mol. The number of anilines is 1. The molecule has 1 aliphatic heterocycles. The normalized spacial score (nSPS) is 13.6. The summed E-state index contributed by atoms with van der Waals surface area (Å²) < 4.78 is 38.2. The Morgan fingerprint density at radius 2 is 1.74 bits per heavy atom. The molecule has 138 valence electrons. The van der Waals surface area contributed by atoms with Crippen molar-refractivity contribution in [1.82, 2.24) is 4.98 Å². The number of ether oxygens (including phenoxy) is 2. The maximum Gasteiger partial charge on any atom is 0.325 e. The first-order chi connectivity index (χ1) is 12.9. The van der Waals surface area contributed by atoms with Crippen LogP contribution in [0.5, 0.6) is 11.5 Å². The molecule has 0 spiro atoms. The molecule has 3 aromatic rings. The van der Waals surface area contributed by atoms with E-state index in [-0.39, 0.29) is 6.79 Å². The first-order valence-corrected chi connectivity index (χ1v) is 8.10. The SMILES string of the molecule is CC(Nc1ncc(-c2cc(F)cc(F)c2)c2cc3c(cc12)OCO3)C(=O)O. The van der Waals surface area contributed by atoms with Crippen LogP contribution in [0.3, 0.4) is 0 Å². The number of carboxylic acid groups (broad SMARTS) is 1. The van der Waals surface area contributed by atoms with Gasteiger partial charge < -0.3 is 19.9 Å². The molecule has 8 heteroatoms. The lowest BCUT2D eigenvalue weighted by atomic mass is 9.99. The summed E-state index contributed by atoms with van der Waals surface area (Å²) in [5.41, 5.74) is 0.789. The summed E-state index contributed by atoms with van der Waals surface area (Å²) in [4.78, 5) is 15.4. The van der Waals surface area contributed by atoms with E-state index in [0.717, 1.165) is 6.07 Å². The number of nitrogens with one attached hydrogen (secondary N) is 1. The standard InChI is InChI=1S/C19H14F2N2O4/c1-9(19(24)25)23-18-14-6-17-16(26-8-27-17)5-13(14)15(7-22-18)10-2-11(20)4-12(21)3-10/h2-7,9H,8H2,1H3,(H,22,23)(H,24,25). The van der Waals surface area contributed by atoms with Crippen molar-refractivity contribution in [2.24, 2.45) is 0 Å². The van der Waals surface area contributed by atoms with Crippen LogP contribution in [0.15, 0.2) is 36.5 Å². The number of pyridine rings is 1. The van der Waals surface area contributed by atoms with Crippen molar-refractivity contribution >= 4 is 22.6 Å². The zero-order chi connectivity index (χ0) is 19.1. The fourth-order valence-electron chi connectivity index (χ4n) is 2.95. The lowest BCUT2D eigenvalue weighted by Crippen LogP contribution is -2.26. The molecule has 0 bridgehead atoms.